The molecule has 0 aliphatic heterocycles. The number of hydrogen-bond donors (Lipinski definition) is 2. The summed E-state index contributed by atoms with van der Waals surface area (Å²) in [5.41, 5.74) is 0.0127. The minimum absolute atomic E-state index is 0.0127. The van der Waals surface area contributed by atoms with Crippen molar-refractivity contribution in [1.29, 1.82) is 0 Å². The summed E-state index contributed by atoms with van der Waals surface area (Å²) in [4.78, 5) is 0. The van der Waals surface area contributed by atoms with Crippen LogP contribution in [0.2, 0.25) is 0 Å². The molecule has 1 aromatic rings. The van der Waals surface area contributed by atoms with Crippen LogP contribution in [0.5, 0.6) is 5.75 Å². The molecule has 0 fully saturated rings. The molecule has 0 aliphatic carbocycles. The standard InChI is InChI=1S/C8H9BBrFO3/c1-2-14-8-6(9(12)13)3-5(10)4-7(8)11/h3-4,12-13H,2H2,1H3. The van der Waals surface area contributed by atoms with Crippen LogP contribution in [-0.4, -0.2) is 23.8 Å². The van der Waals surface area contributed by atoms with E-state index in [1.54, 1.807) is 6.92 Å². The molecule has 0 saturated carbocycles. The van der Waals surface area contributed by atoms with Crippen LogP contribution in [0.3, 0.4) is 0 Å². The van der Waals surface area contributed by atoms with E-state index < -0.39 is 12.9 Å². The van der Waals surface area contributed by atoms with Crippen LogP contribution in [0, 0.1) is 5.82 Å². The van der Waals surface area contributed by atoms with E-state index in [2.05, 4.69) is 15.9 Å². The third-order valence-electron chi connectivity index (χ3n) is 1.60. The molecule has 3 nitrogen and oxygen atoms in total. The summed E-state index contributed by atoms with van der Waals surface area (Å²) < 4.78 is 18.7. The Bertz CT molecular complexity index is 333. The SMILES string of the molecule is CCOc1c(F)cc(Br)cc1B(O)O. The summed E-state index contributed by atoms with van der Waals surface area (Å²) in [6.45, 7) is 1.95. The van der Waals surface area contributed by atoms with E-state index in [0.717, 1.165) is 0 Å². The third-order valence-corrected chi connectivity index (χ3v) is 2.06. The van der Waals surface area contributed by atoms with Gasteiger partial charge in [-0.15, -0.1) is 0 Å². The van der Waals surface area contributed by atoms with Gasteiger partial charge in [-0.25, -0.2) is 4.39 Å². The first-order valence-corrected chi connectivity index (χ1v) is 4.83. The Hall–Kier alpha value is -0.585. The number of rotatable bonds is 3. The smallest absolute Gasteiger partial charge is 0.491 e. The summed E-state index contributed by atoms with van der Waals surface area (Å²) in [5, 5.41) is 17.9. The van der Waals surface area contributed by atoms with Crippen molar-refractivity contribution in [2.45, 2.75) is 6.92 Å². The van der Waals surface area contributed by atoms with Gasteiger partial charge >= 0.3 is 7.12 Å². The van der Waals surface area contributed by atoms with Crippen molar-refractivity contribution < 1.29 is 19.2 Å². The third kappa shape index (κ3) is 2.46. The van der Waals surface area contributed by atoms with Gasteiger partial charge < -0.3 is 14.8 Å². The van der Waals surface area contributed by atoms with Crippen molar-refractivity contribution in [2.24, 2.45) is 0 Å². The van der Waals surface area contributed by atoms with Gasteiger partial charge in [0.25, 0.3) is 0 Å². The van der Waals surface area contributed by atoms with E-state index in [0.29, 0.717) is 4.47 Å². The normalized spacial score (nSPS) is 10.1. The predicted molar refractivity (Wildman–Crippen MR) is 55.1 cm³/mol. The van der Waals surface area contributed by atoms with E-state index in [9.17, 15) is 4.39 Å². The number of halogens is 2. The lowest BCUT2D eigenvalue weighted by Crippen LogP contribution is -2.32. The maximum Gasteiger partial charge on any atom is 0.492 e. The molecule has 0 radical (unpaired) electrons. The fraction of sp³-hybridized carbons (Fsp3) is 0.250. The van der Waals surface area contributed by atoms with E-state index in [-0.39, 0.29) is 17.8 Å². The van der Waals surface area contributed by atoms with E-state index in [1.165, 1.54) is 12.1 Å². The second-order valence-electron chi connectivity index (χ2n) is 2.61. The molecule has 76 valence electrons. The van der Waals surface area contributed by atoms with Gasteiger partial charge in [-0.05, 0) is 19.1 Å². The highest BCUT2D eigenvalue weighted by atomic mass is 79.9. The van der Waals surface area contributed by atoms with Crippen molar-refractivity contribution in [1.82, 2.24) is 0 Å². The van der Waals surface area contributed by atoms with Crippen LogP contribution >= 0.6 is 15.9 Å². The highest BCUT2D eigenvalue weighted by Crippen LogP contribution is 2.19. The molecule has 2 N–H and O–H groups in total. The lowest BCUT2D eigenvalue weighted by Gasteiger charge is -2.10. The highest BCUT2D eigenvalue weighted by molar-refractivity contribution is 9.10. The Morgan fingerprint density at radius 2 is 2.14 bits per heavy atom. The Labute approximate surface area is 89.8 Å². The summed E-state index contributed by atoms with van der Waals surface area (Å²) >= 11 is 3.05. The first-order chi connectivity index (χ1) is 6.56. The Morgan fingerprint density at radius 3 is 2.64 bits per heavy atom. The van der Waals surface area contributed by atoms with Crippen LogP contribution in [0.25, 0.3) is 0 Å². The van der Waals surface area contributed by atoms with E-state index in [4.69, 9.17) is 14.8 Å². The van der Waals surface area contributed by atoms with Gasteiger partial charge in [0.1, 0.15) is 0 Å². The summed E-state index contributed by atoms with van der Waals surface area (Å²) in [5.74, 6) is -0.741. The van der Waals surface area contributed by atoms with Gasteiger partial charge in [0, 0.05) is 9.94 Å². The Kier molecular flexibility index (Phi) is 3.91. The molecule has 0 aliphatic rings. The maximum absolute atomic E-state index is 13.3. The topological polar surface area (TPSA) is 49.7 Å². The van der Waals surface area contributed by atoms with Crippen molar-refractivity contribution in [3.63, 3.8) is 0 Å². The molecule has 0 unspecified atom stereocenters. The zero-order valence-electron chi connectivity index (χ0n) is 7.50. The molecule has 1 aromatic carbocycles. The van der Waals surface area contributed by atoms with E-state index >= 15 is 0 Å². The van der Waals surface area contributed by atoms with Crippen LogP contribution in [0.15, 0.2) is 16.6 Å². The summed E-state index contributed by atoms with van der Waals surface area (Å²) in [6.07, 6.45) is 0. The van der Waals surface area contributed by atoms with E-state index in [1.807, 2.05) is 0 Å². The molecule has 0 spiro atoms. The molecule has 0 saturated heterocycles. The lowest BCUT2D eigenvalue weighted by molar-refractivity contribution is 0.321. The first kappa shape index (κ1) is 11.5. The van der Waals surface area contributed by atoms with Gasteiger partial charge in [0.2, 0.25) is 0 Å². The van der Waals surface area contributed by atoms with Gasteiger partial charge in [0.05, 0.1) is 6.61 Å². The predicted octanol–water partition coefficient (Wildman–Crippen LogP) is 0.667. The fourth-order valence-corrected chi connectivity index (χ4v) is 1.52. The molecular formula is C8H9BBrFO3. The average molecular weight is 263 g/mol. The zero-order valence-corrected chi connectivity index (χ0v) is 9.08. The molecule has 0 amide bonds. The quantitative estimate of drug-likeness (QED) is 0.788. The molecule has 0 aromatic heterocycles. The van der Waals surface area contributed by atoms with Gasteiger partial charge in [-0.3, -0.25) is 0 Å². The summed E-state index contributed by atoms with van der Waals surface area (Å²) in [6, 6.07) is 2.61. The summed E-state index contributed by atoms with van der Waals surface area (Å²) in [7, 11) is -1.75. The molecule has 1 rings (SSSR count). The van der Waals surface area contributed by atoms with Crippen LogP contribution < -0.4 is 10.2 Å². The number of ether oxygens (including phenoxy) is 1. The monoisotopic (exact) mass is 262 g/mol. The minimum Gasteiger partial charge on any atom is -0.491 e. The average Bonchev–Trinajstić information content (AvgIpc) is 2.09. The van der Waals surface area contributed by atoms with Gasteiger partial charge in [-0.2, -0.15) is 0 Å². The second kappa shape index (κ2) is 4.77. The van der Waals surface area contributed by atoms with Gasteiger partial charge in [-0.1, -0.05) is 15.9 Å². The molecular weight excluding hydrogens is 254 g/mol. The van der Waals surface area contributed by atoms with Crippen LogP contribution in [-0.2, 0) is 0 Å². The van der Waals surface area contributed by atoms with Gasteiger partial charge in [0.15, 0.2) is 11.6 Å². The Balaban J connectivity index is 3.21. The zero-order chi connectivity index (χ0) is 10.7. The first-order valence-electron chi connectivity index (χ1n) is 4.04. The second-order valence-corrected chi connectivity index (χ2v) is 3.53. The molecule has 0 heterocycles. The molecule has 14 heavy (non-hydrogen) atoms. The molecule has 6 heteroatoms. The maximum atomic E-state index is 13.3. The molecule has 0 atom stereocenters. The fourth-order valence-electron chi connectivity index (χ4n) is 1.07. The van der Waals surface area contributed by atoms with Crippen molar-refractivity contribution in [3.05, 3.63) is 22.4 Å². The largest absolute Gasteiger partial charge is 0.492 e. The van der Waals surface area contributed by atoms with Crippen LogP contribution in [0.4, 0.5) is 4.39 Å². The number of hydrogen-bond acceptors (Lipinski definition) is 3. The highest BCUT2D eigenvalue weighted by Gasteiger charge is 2.21. The van der Waals surface area contributed by atoms with Crippen molar-refractivity contribution in [3.8, 4) is 5.75 Å². The lowest BCUT2D eigenvalue weighted by atomic mass is 9.79. The van der Waals surface area contributed by atoms with Crippen molar-refractivity contribution in [2.75, 3.05) is 6.61 Å². The van der Waals surface area contributed by atoms with Crippen LogP contribution in [0.1, 0.15) is 6.92 Å². The van der Waals surface area contributed by atoms with Crippen molar-refractivity contribution >= 4 is 28.5 Å². The minimum atomic E-state index is -1.75. The Morgan fingerprint density at radius 1 is 1.50 bits per heavy atom. The number of benzene rings is 1. The molecule has 0 bridgehead atoms.